The van der Waals surface area contributed by atoms with Gasteiger partial charge in [-0.3, -0.25) is 4.79 Å². The molecule has 0 bridgehead atoms. The largest absolute Gasteiger partial charge is 0.394 e. The Hall–Kier alpha value is -0.730. The number of aliphatic hydroxyl groups is 4. The van der Waals surface area contributed by atoms with E-state index in [1.54, 1.807) is 0 Å². The van der Waals surface area contributed by atoms with Crippen molar-refractivity contribution in [3.05, 3.63) is 0 Å². The summed E-state index contributed by atoms with van der Waals surface area (Å²) in [6.07, 6.45) is -5.24. The lowest BCUT2D eigenvalue weighted by atomic mass is 9.97. The topological polar surface area (TPSA) is 119 Å². The molecule has 1 rings (SSSR count). The minimum absolute atomic E-state index is 0.462. The summed E-state index contributed by atoms with van der Waals surface area (Å²) in [5.41, 5.74) is 0. The van der Waals surface area contributed by atoms with Crippen molar-refractivity contribution in [3.8, 4) is 0 Å². The summed E-state index contributed by atoms with van der Waals surface area (Å²) < 4.78 is 4.81. The molecule has 15 heavy (non-hydrogen) atoms. The fourth-order valence-corrected chi connectivity index (χ4v) is 1.49. The Labute approximate surface area is 86.3 Å². The van der Waals surface area contributed by atoms with Gasteiger partial charge in [0.05, 0.1) is 6.61 Å². The zero-order valence-corrected chi connectivity index (χ0v) is 8.20. The number of hydrogen-bond donors (Lipinski definition) is 5. The molecular weight excluding hydrogens is 206 g/mol. The molecular formula is C8H15NO6. The van der Waals surface area contributed by atoms with Gasteiger partial charge in [-0.1, -0.05) is 0 Å². The SMILES string of the molecule is CC(=O)N[C@H]1[C@H](O)[C@@H](O)[C@@H](CO)O[C@@H]1O. The highest BCUT2D eigenvalue weighted by Gasteiger charge is 2.43. The molecule has 1 heterocycles. The molecule has 0 spiro atoms. The van der Waals surface area contributed by atoms with Crippen LogP contribution in [0, 0.1) is 0 Å². The predicted octanol–water partition coefficient (Wildman–Crippen LogP) is -3.08. The van der Waals surface area contributed by atoms with Crippen LogP contribution in [0.1, 0.15) is 6.92 Å². The summed E-state index contributed by atoms with van der Waals surface area (Å²) in [6.45, 7) is 0.687. The quantitative estimate of drug-likeness (QED) is 0.337. The summed E-state index contributed by atoms with van der Waals surface area (Å²) in [7, 11) is 0. The van der Waals surface area contributed by atoms with Crippen LogP contribution in [0.4, 0.5) is 0 Å². The first-order chi connectivity index (χ1) is 6.97. The molecule has 0 aromatic carbocycles. The van der Waals surface area contributed by atoms with Gasteiger partial charge in [0.25, 0.3) is 0 Å². The van der Waals surface area contributed by atoms with Crippen molar-refractivity contribution >= 4 is 5.91 Å². The molecule has 1 fully saturated rings. The van der Waals surface area contributed by atoms with Crippen LogP contribution in [0.15, 0.2) is 0 Å². The summed E-state index contributed by atoms with van der Waals surface area (Å²) in [5, 5.41) is 39.4. The molecule has 0 aromatic heterocycles. The van der Waals surface area contributed by atoms with Crippen molar-refractivity contribution in [2.45, 2.75) is 37.6 Å². The fraction of sp³-hybridized carbons (Fsp3) is 0.875. The van der Waals surface area contributed by atoms with Gasteiger partial charge in [-0.2, -0.15) is 0 Å². The van der Waals surface area contributed by atoms with Crippen molar-refractivity contribution in [1.82, 2.24) is 5.32 Å². The summed E-state index contributed by atoms with van der Waals surface area (Å²) in [5.74, 6) is -0.462. The first-order valence-electron chi connectivity index (χ1n) is 4.55. The van der Waals surface area contributed by atoms with Gasteiger partial charge in [0.1, 0.15) is 24.4 Å². The maximum atomic E-state index is 10.7. The molecule has 1 saturated heterocycles. The molecule has 0 unspecified atom stereocenters. The van der Waals surface area contributed by atoms with E-state index in [0.717, 1.165) is 0 Å². The molecule has 7 heteroatoms. The van der Waals surface area contributed by atoms with E-state index in [2.05, 4.69) is 5.32 Å². The van der Waals surface area contributed by atoms with Gasteiger partial charge in [0.2, 0.25) is 5.91 Å². The van der Waals surface area contributed by atoms with Gasteiger partial charge in [0.15, 0.2) is 6.29 Å². The first-order valence-corrected chi connectivity index (χ1v) is 4.55. The number of amides is 1. The molecule has 0 aromatic rings. The number of carbonyl (C=O) groups is 1. The molecule has 0 radical (unpaired) electrons. The third-order valence-corrected chi connectivity index (χ3v) is 2.27. The van der Waals surface area contributed by atoms with E-state index in [1.165, 1.54) is 6.92 Å². The Morgan fingerprint density at radius 1 is 1.33 bits per heavy atom. The smallest absolute Gasteiger partial charge is 0.217 e. The van der Waals surface area contributed by atoms with Crippen LogP contribution in [0.3, 0.4) is 0 Å². The first kappa shape index (κ1) is 12.3. The maximum Gasteiger partial charge on any atom is 0.217 e. The van der Waals surface area contributed by atoms with E-state index in [9.17, 15) is 20.1 Å². The Bertz CT molecular complexity index is 235. The molecule has 88 valence electrons. The van der Waals surface area contributed by atoms with Gasteiger partial charge in [-0.25, -0.2) is 0 Å². The van der Waals surface area contributed by atoms with E-state index < -0.39 is 43.2 Å². The zero-order chi connectivity index (χ0) is 11.6. The lowest BCUT2D eigenvalue weighted by molar-refractivity contribution is -0.253. The third-order valence-electron chi connectivity index (χ3n) is 2.27. The second-order valence-electron chi connectivity index (χ2n) is 3.46. The van der Waals surface area contributed by atoms with Gasteiger partial charge >= 0.3 is 0 Å². The Morgan fingerprint density at radius 3 is 2.40 bits per heavy atom. The number of carbonyl (C=O) groups excluding carboxylic acids is 1. The third kappa shape index (κ3) is 2.64. The monoisotopic (exact) mass is 221 g/mol. The predicted molar refractivity (Wildman–Crippen MR) is 47.6 cm³/mol. The number of aliphatic hydroxyl groups excluding tert-OH is 4. The van der Waals surface area contributed by atoms with E-state index in [4.69, 9.17) is 9.84 Å². The minimum atomic E-state index is -1.45. The van der Waals surface area contributed by atoms with Crippen LogP contribution in [0.5, 0.6) is 0 Å². The van der Waals surface area contributed by atoms with Crippen LogP contribution in [-0.4, -0.2) is 63.6 Å². The van der Waals surface area contributed by atoms with Crippen LogP contribution in [0.2, 0.25) is 0 Å². The number of ether oxygens (including phenoxy) is 1. The maximum absolute atomic E-state index is 10.7. The molecule has 1 amide bonds. The van der Waals surface area contributed by atoms with Crippen molar-refractivity contribution in [3.63, 3.8) is 0 Å². The Balaban J connectivity index is 2.70. The molecule has 0 aliphatic carbocycles. The average Bonchev–Trinajstić information content (AvgIpc) is 2.18. The highest BCUT2D eigenvalue weighted by Crippen LogP contribution is 2.19. The second-order valence-corrected chi connectivity index (χ2v) is 3.46. The van der Waals surface area contributed by atoms with Gasteiger partial charge in [-0.05, 0) is 0 Å². The van der Waals surface area contributed by atoms with Gasteiger partial charge in [-0.15, -0.1) is 0 Å². The molecule has 0 saturated carbocycles. The molecule has 1 aliphatic heterocycles. The van der Waals surface area contributed by atoms with Crippen LogP contribution in [0.25, 0.3) is 0 Å². The van der Waals surface area contributed by atoms with Crippen molar-refractivity contribution in [2.75, 3.05) is 6.61 Å². The molecule has 7 nitrogen and oxygen atoms in total. The van der Waals surface area contributed by atoms with Crippen molar-refractivity contribution in [2.24, 2.45) is 0 Å². The molecule has 1 aliphatic rings. The van der Waals surface area contributed by atoms with Gasteiger partial charge in [0, 0.05) is 6.92 Å². The van der Waals surface area contributed by atoms with Crippen molar-refractivity contribution < 1.29 is 30.0 Å². The Morgan fingerprint density at radius 2 is 1.93 bits per heavy atom. The standard InChI is InChI=1S/C8H15NO6/c1-3(11)9-5-7(13)6(12)4(2-10)15-8(5)14/h4-8,10,12-14H,2H2,1H3,(H,9,11)/t4-,5+,6+,7+,8+/m1/s1. The molecule has 5 atom stereocenters. The number of nitrogens with one attached hydrogen (secondary N) is 1. The van der Waals surface area contributed by atoms with Crippen LogP contribution in [-0.2, 0) is 9.53 Å². The highest BCUT2D eigenvalue weighted by atomic mass is 16.6. The van der Waals surface area contributed by atoms with E-state index in [1.807, 2.05) is 0 Å². The van der Waals surface area contributed by atoms with E-state index in [0.29, 0.717) is 0 Å². The minimum Gasteiger partial charge on any atom is -0.394 e. The van der Waals surface area contributed by atoms with Gasteiger partial charge < -0.3 is 30.5 Å². The Kier molecular flexibility index (Phi) is 4.00. The zero-order valence-electron chi connectivity index (χ0n) is 8.20. The summed E-state index contributed by atoms with van der Waals surface area (Å²) in [4.78, 5) is 10.7. The summed E-state index contributed by atoms with van der Waals surface area (Å²) >= 11 is 0. The van der Waals surface area contributed by atoms with E-state index in [-0.39, 0.29) is 0 Å². The summed E-state index contributed by atoms with van der Waals surface area (Å²) in [6, 6.07) is -1.10. The normalized spacial score (nSPS) is 41.3. The molecule has 5 N–H and O–H groups in total. The van der Waals surface area contributed by atoms with Crippen LogP contribution < -0.4 is 5.32 Å². The number of hydrogen-bond acceptors (Lipinski definition) is 6. The highest BCUT2D eigenvalue weighted by molar-refractivity contribution is 5.73. The fourth-order valence-electron chi connectivity index (χ4n) is 1.49. The van der Waals surface area contributed by atoms with Crippen LogP contribution >= 0.6 is 0 Å². The van der Waals surface area contributed by atoms with Crippen molar-refractivity contribution in [1.29, 1.82) is 0 Å². The average molecular weight is 221 g/mol. The second kappa shape index (κ2) is 4.86. The van der Waals surface area contributed by atoms with E-state index >= 15 is 0 Å². The lowest BCUT2D eigenvalue weighted by Gasteiger charge is -2.40. The number of rotatable bonds is 2. The lowest BCUT2D eigenvalue weighted by Crippen LogP contribution is -2.63.